The fraction of sp³-hybridized carbons (Fsp3) is 0.0833. The van der Waals surface area contributed by atoms with Gasteiger partial charge in [0.2, 0.25) is 5.78 Å². The van der Waals surface area contributed by atoms with Gasteiger partial charge in [0.25, 0.3) is 0 Å². The molecule has 1 N–H and O–H groups in total. The van der Waals surface area contributed by atoms with Crippen molar-refractivity contribution in [2.45, 2.75) is 6.92 Å². The Kier molecular flexibility index (Phi) is 5.19. The van der Waals surface area contributed by atoms with E-state index in [9.17, 15) is 9.59 Å². The average Bonchev–Trinajstić information content (AvgIpc) is 3.11. The van der Waals surface area contributed by atoms with E-state index < -0.39 is 0 Å². The van der Waals surface area contributed by atoms with Crippen molar-refractivity contribution in [1.29, 1.82) is 0 Å². The molecular weight excluding hydrogens is 386 g/mol. The first kappa shape index (κ1) is 19.0. The largest absolute Gasteiger partial charge is 0.450 e. The summed E-state index contributed by atoms with van der Waals surface area (Å²) in [6.07, 6.45) is 0. The lowest BCUT2D eigenvalue weighted by Gasteiger charge is -2.07. The van der Waals surface area contributed by atoms with Gasteiger partial charge >= 0.3 is 0 Å². The highest BCUT2D eigenvalue weighted by Crippen LogP contribution is 2.32. The summed E-state index contributed by atoms with van der Waals surface area (Å²) in [6.45, 7) is 1.99. The van der Waals surface area contributed by atoms with Crippen LogP contribution in [0.25, 0.3) is 11.0 Å². The first-order valence-electron chi connectivity index (χ1n) is 9.18. The van der Waals surface area contributed by atoms with Crippen molar-refractivity contribution in [2.75, 3.05) is 11.9 Å². The number of Topliss-reactive ketones (excluding diaryl/α,β-unsaturated/α-hetero) is 1. The fourth-order valence-corrected chi connectivity index (χ4v) is 3.25. The second-order valence-corrected chi connectivity index (χ2v) is 7.22. The zero-order valence-corrected chi connectivity index (χ0v) is 16.5. The number of carbonyl (C=O) groups is 2. The number of hydrogen-bond acceptors (Lipinski definition) is 4. The number of nitrogens with one attached hydrogen (secondary N) is 1. The highest BCUT2D eigenvalue weighted by molar-refractivity contribution is 6.30. The third kappa shape index (κ3) is 3.93. The van der Waals surface area contributed by atoms with Crippen LogP contribution >= 0.6 is 11.6 Å². The summed E-state index contributed by atoms with van der Waals surface area (Å²) in [4.78, 5) is 25.6. The number of rotatable bonds is 6. The average molecular weight is 404 g/mol. The SMILES string of the molecule is Cc1ccc(C(=O)c2oc3ccccc3c2NCC(=O)c2ccc(Cl)cc2)cc1. The number of hydrogen-bond donors (Lipinski definition) is 1. The highest BCUT2D eigenvalue weighted by atomic mass is 35.5. The second-order valence-electron chi connectivity index (χ2n) is 6.78. The molecule has 0 aliphatic carbocycles. The summed E-state index contributed by atoms with van der Waals surface area (Å²) in [7, 11) is 0. The molecular formula is C24H18ClNO3. The van der Waals surface area contributed by atoms with Crippen molar-refractivity contribution in [3.8, 4) is 0 Å². The topological polar surface area (TPSA) is 59.3 Å². The van der Waals surface area contributed by atoms with Crippen LogP contribution in [0.1, 0.15) is 32.0 Å². The Morgan fingerprint density at radius 3 is 2.28 bits per heavy atom. The highest BCUT2D eigenvalue weighted by Gasteiger charge is 2.22. The molecule has 144 valence electrons. The maximum atomic E-state index is 13.1. The molecule has 4 rings (SSSR count). The van der Waals surface area contributed by atoms with E-state index in [0.717, 1.165) is 10.9 Å². The van der Waals surface area contributed by atoms with Crippen LogP contribution in [0, 0.1) is 6.92 Å². The van der Waals surface area contributed by atoms with Crippen LogP contribution in [0.4, 0.5) is 5.69 Å². The Labute approximate surface area is 173 Å². The summed E-state index contributed by atoms with van der Waals surface area (Å²) in [5.41, 5.74) is 3.25. The van der Waals surface area contributed by atoms with Gasteiger partial charge in [-0.1, -0.05) is 53.6 Å². The van der Waals surface area contributed by atoms with Crippen molar-refractivity contribution < 1.29 is 14.0 Å². The number of aryl methyl sites for hydroxylation is 1. The molecule has 0 aliphatic heterocycles. The Morgan fingerprint density at radius 1 is 0.897 bits per heavy atom. The van der Waals surface area contributed by atoms with Gasteiger partial charge in [0.05, 0.1) is 12.2 Å². The zero-order chi connectivity index (χ0) is 20.4. The van der Waals surface area contributed by atoms with Gasteiger partial charge in [-0.15, -0.1) is 0 Å². The third-order valence-corrected chi connectivity index (χ3v) is 4.96. The molecule has 0 fully saturated rings. The number of benzene rings is 3. The molecule has 0 spiro atoms. The summed E-state index contributed by atoms with van der Waals surface area (Å²) >= 11 is 5.89. The van der Waals surface area contributed by atoms with Crippen LogP contribution in [-0.4, -0.2) is 18.1 Å². The van der Waals surface area contributed by atoms with Gasteiger partial charge in [-0.2, -0.15) is 0 Å². The van der Waals surface area contributed by atoms with Crippen LogP contribution in [-0.2, 0) is 0 Å². The smallest absolute Gasteiger partial charge is 0.230 e. The first-order chi connectivity index (χ1) is 14.0. The molecule has 4 nitrogen and oxygen atoms in total. The Balaban J connectivity index is 1.66. The predicted molar refractivity (Wildman–Crippen MR) is 115 cm³/mol. The lowest BCUT2D eigenvalue weighted by Crippen LogP contribution is -2.15. The van der Waals surface area contributed by atoms with Gasteiger partial charge in [-0.25, -0.2) is 0 Å². The van der Waals surface area contributed by atoms with E-state index >= 15 is 0 Å². The molecule has 0 saturated heterocycles. The summed E-state index contributed by atoms with van der Waals surface area (Å²) in [5.74, 6) is -0.151. The molecule has 29 heavy (non-hydrogen) atoms. The molecule has 0 aliphatic rings. The second kappa shape index (κ2) is 7.94. The van der Waals surface area contributed by atoms with E-state index in [0.29, 0.717) is 27.4 Å². The molecule has 0 bridgehead atoms. The Hall–Kier alpha value is -3.37. The third-order valence-electron chi connectivity index (χ3n) is 4.71. The fourth-order valence-electron chi connectivity index (χ4n) is 3.12. The van der Waals surface area contributed by atoms with Crippen LogP contribution < -0.4 is 5.32 Å². The predicted octanol–water partition coefficient (Wildman–Crippen LogP) is 5.92. The molecule has 1 heterocycles. The zero-order valence-electron chi connectivity index (χ0n) is 15.7. The maximum absolute atomic E-state index is 13.1. The van der Waals surface area contributed by atoms with E-state index in [2.05, 4.69) is 5.32 Å². The molecule has 0 unspecified atom stereocenters. The molecule has 0 atom stereocenters. The van der Waals surface area contributed by atoms with Gasteiger partial charge < -0.3 is 9.73 Å². The molecule has 0 saturated carbocycles. The van der Waals surface area contributed by atoms with Gasteiger partial charge in [0, 0.05) is 21.5 Å². The van der Waals surface area contributed by atoms with Crippen molar-refractivity contribution in [3.05, 3.63) is 100 Å². The first-order valence-corrected chi connectivity index (χ1v) is 9.56. The Morgan fingerprint density at radius 2 is 1.55 bits per heavy atom. The Bertz CT molecular complexity index is 1190. The van der Waals surface area contributed by atoms with Crippen molar-refractivity contribution in [1.82, 2.24) is 0 Å². The van der Waals surface area contributed by atoms with Crippen molar-refractivity contribution in [2.24, 2.45) is 0 Å². The number of anilines is 1. The maximum Gasteiger partial charge on any atom is 0.230 e. The van der Waals surface area contributed by atoms with Gasteiger partial charge in [-0.3, -0.25) is 9.59 Å². The van der Waals surface area contributed by atoms with E-state index in [4.69, 9.17) is 16.0 Å². The van der Waals surface area contributed by atoms with E-state index in [1.807, 2.05) is 37.3 Å². The number of fused-ring (bicyclic) bond motifs is 1. The minimum absolute atomic E-state index is 0.0271. The molecule has 4 aromatic rings. The normalized spacial score (nSPS) is 10.8. The number of halogens is 1. The molecule has 1 aromatic heterocycles. The van der Waals surface area contributed by atoms with Crippen LogP contribution in [0.15, 0.2) is 77.2 Å². The summed E-state index contributed by atoms with van der Waals surface area (Å²) in [6, 6.07) is 21.4. The molecule has 0 amide bonds. The number of carbonyl (C=O) groups excluding carboxylic acids is 2. The monoisotopic (exact) mass is 403 g/mol. The van der Waals surface area contributed by atoms with E-state index in [1.165, 1.54) is 0 Å². The minimum Gasteiger partial charge on any atom is -0.450 e. The standard InChI is InChI=1S/C24H18ClNO3/c1-15-6-8-17(9-7-15)23(28)24-22(19-4-2-3-5-21(19)29-24)26-14-20(27)16-10-12-18(25)13-11-16/h2-13,26H,14H2,1H3. The summed E-state index contributed by atoms with van der Waals surface area (Å²) in [5, 5.41) is 4.44. The van der Waals surface area contributed by atoms with E-state index in [1.54, 1.807) is 42.5 Å². The number of para-hydroxylation sites is 1. The van der Waals surface area contributed by atoms with Crippen LogP contribution in [0.3, 0.4) is 0 Å². The molecule has 3 aromatic carbocycles. The van der Waals surface area contributed by atoms with Gasteiger partial charge in [-0.05, 0) is 43.3 Å². The lowest BCUT2D eigenvalue weighted by atomic mass is 10.1. The minimum atomic E-state index is -0.234. The molecule has 5 heteroatoms. The lowest BCUT2D eigenvalue weighted by molar-refractivity contribution is 0.0997. The molecule has 0 radical (unpaired) electrons. The van der Waals surface area contributed by atoms with Gasteiger partial charge in [0.15, 0.2) is 11.5 Å². The van der Waals surface area contributed by atoms with Crippen molar-refractivity contribution in [3.63, 3.8) is 0 Å². The van der Waals surface area contributed by atoms with Crippen LogP contribution in [0.5, 0.6) is 0 Å². The van der Waals surface area contributed by atoms with E-state index in [-0.39, 0.29) is 23.9 Å². The van der Waals surface area contributed by atoms with Gasteiger partial charge in [0.1, 0.15) is 5.58 Å². The number of furan rings is 1. The van der Waals surface area contributed by atoms with Crippen molar-refractivity contribution >= 4 is 39.8 Å². The summed E-state index contributed by atoms with van der Waals surface area (Å²) < 4.78 is 5.86. The quantitative estimate of drug-likeness (QED) is 0.406. The van der Waals surface area contributed by atoms with Crippen LogP contribution in [0.2, 0.25) is 5.02 Å². The number of ketones is 2.